The number of rotatable bonds is 4. The summed E-state index contributed by atoms with van der Waals surface area (Å²) in [6, 6.07) is 4.41. The van der Waals surface area contributed by atoms with E-state index in [4.69, 9.17) is 0 Å². The van der Waals surface area contributed by atoms with Crippen molar-refractivity contribution in [2.45, 2.75) is 47.5 Å². The van der Waals surface area contributed by atoms with Crippen LogP contribution in [0.2, 0.25) is 0 Å². The summed E-state index contributed by atoms with van der Waals surface area (Å²) in [4.78, 5) is 12.1. The quantitative estimate of drug-likeness (QED) is 0.703. The molecule has 0 N–H and O–H groups in total. The summed E-state index contributed by atoms with van der Waals surface area (Å²) >= 11 is 0. The van der Waals surface area contributed by atoms with Crippen LogP contribution in [0.4, 0.5) is 4.39 Å². The predicted octanol–water partition coefficient (Wildman–Crippen LogP) is 4.78. The van der Waals surface area contributed by atoms with E-state index in [9.17, 15) is 9.18 Å². The molecule has 1 atom stereocenters. The van der Waals surface area contributed by atoms with E-state index in [1.807, 2.05) is 6.92 Å². The number of carbonyl (C=O) groups excluding carboxylic acids is 1. The molecular weight excluding hydrogens is 227 g/mol. The third-order valence-corrected chi connectivity index (χ3v) is 2.99. The maximum atomic E-state index is 13.2. The zero-order valence-corrected chi connectivity index (χ0v) is 12.0. The number of hydrogen-bond donors (Lipinski definition) is 0. The molecule has 1 unspecified atom stereocenters. The largest absolute Gasteiger partial charge is 0.294 e. The van der Waals surface area contributed by atoms with Crippen molar-refractivity contribution in [1.82, 2.24) is 0 Å². The van der Waals surface area contributed by atoms with Gasteiger partial charge in [0, 0.05) is 12.0 Å². The molecule has 0 saturated carbocycles. The summed E-state index contributed by atoms with van der Waals surface area (Å²) in [5.74, 6) is 0.0244. The number of ketones is 1. The molecule has 1 rings (SSSR count). The molecule has 1 aromatic carbocycles. The van der Waals surface area contributed by atoms with Gasteiger partial charge in [0.05, 0.1) is 0 Å². The average Bonchev–Trinajstić information content (AvgIpc) is 2.18. The first-order valence-electron chi connectivity index (χ1n) is 6.48. The molecule has 2 heteroatoms. The highest BCUT2D eigenvalue weighted by Crippen LogP contribution is 2.27. The SMILES string of the molecule is Cc1ccc(F)cc1C(=O)CC(C)CC(C)(C)C. The minimum Gasteiger partial charge on any atom is -0.294 e. The van der Waals surface area contributed by atoms with Gasteiger partial charge >= 0.3 is 0 Å². The number of Topliss-reactive ketones (excluding diaryl/α,β-unsaturated/α-hetero) is 1. The Balaban J connectivity index is 2.74. The van der Waals surface area contributed by atoms with E-state index >= 15 is 0 Å². The van der Waals surface area contributed by atoms with Gasteiger partial charge in [-0.05, 0) is 42.4 Å². The van der Waals surface area contributed by atoms with E-state index in [1.165, 1.54) is 12.1 Å². The van der Waals surface area contributed by atoms with Crippen molar-refractivity contribution in [2.24, 2.45) is 11.3 Å². The summed E-state index contributed by atoms with van der Waals surface area (Å²) in [6.07, 6.45) is 1.48. The number of carbonyl (C=O) groups is 1. The standard InChI is InChI=1S/C16H23FO/c1-11(10-16(3,4)5)8-15(18)14-9-13(17)7-6-12(14)2/h6-7,9,11H,8,10H2,1-5H3. The zero-order chi connectivity index (χ0) is 13.9. The minimum absolute atomic E-state index is 0.0451. The lowest BCUT2D eigenvalue weighted by molar-refractivity contribution is 0.0953. The first-order valence-corrected chi connectivity index (χ1v) is 6.48. The highest BCUT2D eigenvalue weighted by atomic mass is 19.1. The van der Waals surface area contributed by atoms with E-state index in [-0.39, 0.29) is 17.0 Å². The fourth-order valence-electron chi connectivity index (χ4n) is 2.44. The molecule has 0 aliphatic rings. The molecule has 0 aliphatic heterocycles. The summed E-state index contributed by atoms with van der Waals surface area (Å²) in [7, 11) is 0. The van der Waals surface area contributed by atoms with Crippen molar-refractivity contribution in [1.29, 1.82) is 0 Å². The lowest BCUT2D eigenvalue weighted by Crippen LogP contribution is -2.15. The van der Waals surface area contributed by atoms with Crippen LogP contribution in [0.25, 0.3) is 0 Å². The first kappa shape index (κ1) is 14.9. The van der Waals surface area contributed by atoms with Gasteiger partial charge < -0.3 is 0 Å². The van der Waals surface area contributed by atoms with Crippen molar-refractivity contribution in [3.05, 3.63) is 35.1 Å². The summed E-state index contributed by atoms with van der Waals surface area (Å²) < 4.78 is 13.2. The smallest absolute Gasteiger partial charge is 0.163 e. The van der Waals surface area contributed by atoms with Gasteiger partial charge in [-0.2, -0.15) is 0 Å². The van der Waals surface area contributed by atoms with Crippen LogP contribution >= 0.6 is 0 Å². The van der Waals surface area contributed by atoms with E-state index in [0.717, 1.165) is 12.0 Å². The van der Waals surface area contributed by atoms with Crippen molar-refractivity contribution in [3.8, 4) is 0 Å². The second kappa shape index (κ2) is 5.64. The van der Waals surface area contributed by atoms with Crippen LogP contribution in [-0.4, -0.2) is 5.78 Å². The number of halogens is 1. The van der Waals surface area contributed by atoms with E-state index in [0.29, 0.717) is 17.9 Å². The molecule has 1 nitrogen and oxygen atoms in total. The van der Waals surface area contributed by atoms with Crippen LogP contribution < -0.4 is 0 Å². The van der Waals surface area contributed by atoms with Crippen molar-refractivity contribution in [3.63, 3.8) is 0 Å². The Hall–Kier alpha value is -1.18. The Kier molecular flexibility index (Phi) is 4.66. The second-order valence-corrected chi connectivity index (χ2v) is 6.46. The molecular formula is C16H23FO. The van der Waals surface area contributed by atoms with E-state index in [2.05, 4.69) is 27.7 Å². The molecule has 0 aliphatic carbocycles. The summed E-state index contributed by atoms with van der Waals surface area (Å²) in [5.41, 5.74) is 1.59. The fourth-order valence-corrected chi connectivity index (χ4v) is 2.44. The molecule has 0 saturated heterocycles. The number of aryl methyl sites for hydroxylation is 1. The first-order chi connectivity index (χ1) is 8.19. The normalized spacial score (nSPS) is 13.4. The lowest BCUT2D eigenvalue weighted by atomic mass is 9.82. The van der Waals surface area contributed by atoms with Crippen LogP contribution in [0.5, 0.6) is 0 Å². The van der Waals surface area contributed by atoms with Gasteiger partial charge in [-0.3, -0.25) is 4.79 Å². The zero-order valence-electron chi connectivity index (χ0n) is 12.0. The van der Waals surface area contributed by atoms with Gasteiger partial charge in [0.1, 0.15) is 5.82 Å². The summed E-state index contributed by atoms with van der Waals surface area (Å²) in [6.45, 7) is 10.4. The van der Waals surface area contributed by atoms with Crippen LogP contribution in [0.3, 0.4) is 0 Å². The van der Waals surface area contributed by atoms with E-state index < -0.39 is 0 Å². The Morgan fingerprint density at radius 1 is 1.33 bits per heavy atom. The molecule has 0 radical (unpaired) electrons. The third-order valence-electron chi connectivity index (χ3n) is 2.99. The molecule has 100 valence electrons. The topological polar surface area (TPSA) is 17.1 Å². The van der Waals surface area contributed by atoms with Crippen molar-refractivity contribution in [2.75, 3.05) is 0 Å². The lowest BCUT2D eigenvalue weighted by Gasteiger charge is -2.22. The van der Waals surface area contributed by atoms with Crippen LogP contribution in [-0.2, 0) is 0 Å². The molecule has 0 amide bonds. The monoisotopic (exact) mass is 250 g/mol. The van der Waals surface area contributed by atoms with Crippen LogP contribution in [0.15, 0.2) is 18.2 Å². The Bertz CT molecular complexity index is 429. The highest BCUT2D eigenvalue weighted by molar-refractivity contribution is 5.97. The molecule has 0 heterocycles. The molecule has 1 aromatic rings. The van der Waals surface area contributed by atoms with Gasteiger partial charge in [-0.25, -0.2) is 4.39 Å². The number of hydrogen-bond acceptors (Lipinski definition) is 1. The molecule has 0 bridgehead atoms. The van der Waals surface area contributed by atoms with Gasteiger partial charge in [0.25, 0.3) is 0 Å². The van der Waals surface area contributed by atoms with Crippen molar-refractivity contribution >= 4 is 5.78 Å². The van der Waals surface area contributed by atoms with Crippen LogP contribution in [0.1, 0.15) is 56.5 Å². The van der Waals surface area contributed by atoms with Gasteiger partial charge in [-0.1, -0.05) is 33.8 Å². The highest BCUT2D eigenvalue weighted by Gasteiger charge is 2.19. The third kappa shape index (κ3) is 4.59. The minimum atomic E-state index is -0.340. The molecule has 0 fully saturated rings. The van der Waals surface area contributed by atoms with Crippen LogP contribution in [0, 0.1) is 24.1 Å². The Morgan fingerprint density at radius 2 is 1.94 bits per heavy atom. The average molecular weight is 250 g/mol. The Labute approximate surface area is 109 Å². The summed E-state index contributed by atoms with van der Waals surface area (Å²) in [5, 5.41) is 0. The van der Waals surface area contributed by atoms with E-state index in [1.54, 1.807) is 6.07 Å². The molecule has 18 heavy (non-hydrogen) atoms. The maximum absolute atomic E-state index is 13.2. The second-order valence-electron chi connectivity index (χ2n) is 6.46. The fraction of sp³-hybridized carbons (Fsp3) is 0.562. The molecule has 0 aromatic heterocycles. The molecule has 0 spiro atoms. The van der Waals surface area contributed by atoms with Gasteiger partial charge in [-0.15, -0.1) is 0 Å². The Morgan fingerprint density at radius 3 is 2.50 bits per heavy atom. The van der Waals surface area contributed by atoms with Gasteiger partial charge in [0.2, 0.25) is 0 Å². The van der Waals surface area contributed by atoms with Crippen molar-refractivity contribution < 1.29 is 9.18 Å². The maximum Gasteiger partial charge on any atom is 0.163 e. The predicted molar refractivity (Wildman–Crippen MR) is 73.3 cm³/mol. The number of benzene rings is 1. The van der Waals surface area contributed by atoms with Gasteiger partial charge in [0.15, 0.2) is 5.78 Å².